The van der Waals surface area contributed by atoms with Crippen LogP contribution in [-0.2, 0) is 12.8 Å². The number of aromatic hydroxyl groups is 1. The zero-order chi connectivity index (χ0) is 14.7. The van der Waals surface area contributed by atoms with Crippen molar-refractivity contribution < 1.29 is 5.11 Å². The zero-order valence-electron chi connectivity index (χ0n) is 12.5. The number of fused-ring (bicyclic) bond motifs is 1. The van der Waals surface area contributed by atoms with Crippen molar-refractivity contribution >= 4 is 0 Å². The van der Waals surface area contributed by atoms with Gasteiger partial charge in [0, 0.05) is 6.04 Å². The lowest BCUT2D eigenvalue weighted by Crippen LogP contribution is -2.26. The number of hydrogen-bond acceptors (Lipinski definition) is 2. The maximum absolute atomic E-state index is 9.66. The van der Waals surface area contributed by atoms with Crippen LogP contribution in [0.2, 0.25) is 0 Å². The fraction of sp³-hybridized carbons (Fsp3) is 0.368. The Bertz CT molecular complexity index is 608. The van der Waals surface area contributed by atoms with Gasteiger partial charge in [-0.25, -0.2) is 0 Å². The standard InChI is InChI=1S/C19H23NO/c1-20-19-16(12-14-6-4-10-17(21)13-14)9-5-8-15-7-2-3-11-18(15)19/h2-4,6-7,10-11,13,16,19-21H,5,8-9,12H2,1H3. The lowest BCUT2D eigenvalue weighted by molar-refractivity contribution is 0.358. The highest BCUT2D eigenvalue weighted by atomic mass is 16.3. The van der Waals surface area contributed by atoms with Gasteiger partial charge in [0.25, 0.3) is 0 Å². The van der Waals surface area contributed by atoms with E-state index in [2.05, 4.69) is 42.7 Å². The maximum atomic E-state index is 9.66. The number of benzene rings is 2. The van der Waals surface area contributed by atoms with Crippen LogP contribution in [0.1, 0.15) is 35.6 Å². The van der Waals surface area contributed by atoms with E-state index >= 15 is 0 Å². The van der Waals surface area contributed by atoms with Gasteiger partial charge in [-0.2, -0.15) is 0 Å². The molecule has 1 aliphatic rings. The van der Waals surface area contributed by atoms with Gasteiger partial charge in [0.15, 0.2) is 0 Å². The van der Waals surface area contributed by atoms with Crippen LogP contribution in [0.4, 0.5) is 0 Å². The summed E-state index contributed by atoms with van der Waals surface area (Å²) in [5.74, 6) is 0.933. The molecule has 2 aromatic rings. The molecule has 0 radical (unpaired) electrons. The van der Waals surface area contributed by atoms with Crippen LogP contribution >= 0.6 is 0 Å². The topological polar surface area (TPSA) is 32.3 Å². The molecule has 0 saturated heterocycles. The molecule has 2 unspecified atom stereocenters. The van der Waals surface area contributed by atoms with Crippen LogP contribution in [0.3, 0.4) is 0 Å². The van der Waals surface area contributed by atoms with Gasteiger partial charge in [0.1, 0.15) is 5.75 Å². The molecule has 0 aliphatic heterocycles. The molecule has 1 aliphatic carbocycles. The number of hydrogen-bond donors (Lipinski definition) is 2. The summed E-state index contributed by atoms with van der Waals surface area (Å²) in [6.07, 6.45) is 4.63. The molecule has 0 saturated carbocycles. The molecular weight excluding hydrogens is 258 g/mol. The molecule has 2 nitrogen and oxygen atoms in total. The summed E-state index contributed by atoms with van der Waals surface area (Å²) >= 11 is 0. The quantitative estimate of drug-likeness (QED) is 0.838. The van der Waals surface area contributed by atoms with Crippen molar-refractivity contribution in [2.45, 2.75) is 31.7 Å². The lowest BCUT2D eigenvalue weighted by atomic mass is 9.86. The fourth-order valence-electron chi connectivity index (χ4n) is 3.64. The average Bonchev–Trinajstić information content (AvgIpc) is 2.66. The van der Waals surface area contributed by atoms with Crippen molar-refractivity contribution in [1.82, 2.24) is 5.32 Å². The second-order valence-corrected chi connectivity index (χ2v) is 5.99. The van der Waals surface area contributed by atoms with E-state index < -0.39 is 0 Å². The third-order valence-electron chi connectivity index (χ3n) is 4.60. The number of phenols is 1. The number of aryl methyl sites for hydroxylation is 1. The van der Waals surface area contributed by atoms with Crippen LogP contribution in [0, 0.1) is 5.92 Å². The summed E-state index contributed by atoms with van der Waals surface area (Å²) < 4.78 is 0. The van der Waals surface area contributed by atoms with E-state index in [0.29, 0.717) is 17.7 Å². The third-order valence-corrected chi connectivity index (χ3v) is 4.60. The summed E-state index contributed by atoms with van der Waals surface area (Å²) in [5.41, 5.74) is 4.15. The number of nitrogens with one attached hydrogen (secondary N) is 1. The Balaban J connectivity index is 1.88. The first-order valence-electron chi connectivity index (χ1n) is 7.81. The SMILES string of the molecule is CNC1c2ccccc2CCCC1Cc1cccc(O)c1. The Kier molecular flexibility index (Phi) is 4.26. The first kappa shape index (κ1) is 14.2. The van der Waals surface area contributed by atoms with E-state index in [1.165, 1.54) is 36.0 Å². The Labute approximate surface area is 126 Å². The van der Waals surface area contributed by atoms with Crippen molar-refractivity contribution in [3.05, 3.63) is 65.2 Å². The van der Waals surface area contributed by atoms with Gasteiger partial charge in [-0.1, -0.05) is 36.4 Å². The summed E-state index contributed by atoms with van der Waals surface area (Å²) in [4.78, 5) is 0. The average molecular weight is 281 g/mol. The van der Waals surface area contributed by atoms with Crippen LogP contribution in [0.25, 0.3) is 0 Å². The first-order valence-corrected chi connectivity index (χ1v) is 7.81. The van der Waals surface area contributed by atoms with E-state index in [1.807, 2.05) is 12.1 Å². The van der Waals surface area contributed by atoms with E-state index in [4.69, 9.17) is 0 Å². The molecular formula is C19H23NO. The molecule has 0 heterocycles. The second kappa shape index (κ2) is 6.31. The molecule has 0 spiro atoms. The Hall–Kier alpha value is -1.80. The summed E-state index contributed by atoms with van der Waals surface area (Å²) in [6.45, 7) is 0. The molecule has 0 fully saturated rings. The van der Waals surface area contributed by atoms with Gasteiger partial charge in [-0.15, -0.1) is 0 Å². The molecule has 2 heteroatoms. The Morgan fingerprint density at radius 1 is 1.14 bits per heavy atom. The summed E-state index contributed by atoms with van der Waals surface area (Å²) in [6, 6.07) is 16.9. The first-order chi connectivity index (χ1) is 10.3. The van der Waals surface area contributed by atoms with Gasteiger partial charge in [-0.3, -0.25) is 0 Å². The highest BCUT2D eigenvalue weighted by Crippen LogP contribution is 2.35. The van der Waals surface area contributed by atoms with Gasteiger partial charge in [0.2, 0.25) is 0 Å². The minimum absolute atomic E-state index is 0.363. The highest BCUT2D eigenvalue weighted by molar-refractivity contribution is 5.33. The molecule has 3 rings (SSSR count). The normalized spacial score (nSPS) is 21.6. The lowest BCUT2D eigenvalue weighted by Gasteiger charge is -2.26. The van der Waals surface area contributed by atoms with Crippen molar-refractivity contribution in [3.63, 3.8) is 0 Å². The minimum atomic E-state index is 0.363. The molecule has 21 heavy (non-hydrogen) atoms. The molecule has 2 N–H and O–H groups in total. The van der Waals surface area contributed by atoms with Crippen LogP contribution in [0.15, 0.2) is 48.5 Å². The smallest absolute Gasteiger partial charge is 0.115 e. The van der Waals surface area contributed by atoms with Gasteiger partial charge in [-0.05, 0) is 67.5 Å². The molecule has 0 aromatic heterocycles. The van der Waals surface area contributed by atoms with E-state index in [-0.39, 0.29) is 0 Å². The van der Waals surface area contributed by atoms with Crippen LogP contribution < -0.4 is 5.32 Å². The van der Waals surface area contributed by atoms with E-state index in [0.717, 1.165) is 6.42 Å². The van der Waals surface area contributed by atoms with E-state index in [9.17, 15) is 5.11 Å². The predicted octanol–water partition coefficient (Wildman–Crippen LogP) is 3.85. The summed E-state index contributed by atoms with van der Waals surface area (Å²) in [5, 5.41) is 13.2. The monoisotopic (exact) mass is 281 g/mol. The number of rotatable bonds is 3. The Morgan fingerprint density at radius 2 is 2.00 bits per heavy atom. The van der Waals surface area contributed by atoms with Crippen molar-refractivity contribution in [1.29, 1.82) is 0 Å². The van der Waals surface area contributed by atoms with Gasteiger partial charge >= 0.3 is 0 Å². The molecule has 0 bridgehead atoms. The molecule has 2 aromatic carbocycles. The minimum Gasteiger partial charge on any atom is -0.508 e. The summed E-state index contributed by atoms with van der Waals surface area (Å²) in [7, 11) is 2.06. The fourth-order valence-corrected chi connectivity index (χ4v) is 3.64. The maximum Gasteiger partial charge on any atom is 0.115 e. The van der Waals surface area contributed by atoms with E-state index in [1.54, 1.807) is 6.07 Å². The molecule has 0 amide bonds. The van der Waals surface area contributed by atoms with Crippen molar-refractivity contribution in [2.24, 2.45) is 5.92 Å². The Morgan fingerprint density at radius 3 is 2.81 bits per heavy atom. The van der Waals surface area contributed by atoms with Crippen LogP contribution in [-0.4, -0.2) is 12.2 Å². The van der Waals surface area contributed by atoms with Crippen LogP contribution in [0.5, 0.6) is 5.75 Å². The van der Waals surface area contributed by atoms with Crippen molar-refractivity contribution in [2.75, 3.05) is 7.05 Å². The van der Waals surface area contributed by atoms with Crippen molar-refractivity contribution in [3.8, 4) is 5.75 Å². The second-order valence-electron chi connectivity index (χ2n) is 5.99. The highest BCUT2D eigenvalue weighted by Gasteiger charge is 2.26. The molecule has 2 atom stereocenters. The molecule has 110 valence electrons. The largest absolute Gasteiger partial charge is 0.508 e. The predicted molar refractivity (Wildman–Crippen MR) is 86.5 cm³/mol. The third kappa shape index (κ3) is 3.11. The van der Waals surface area contributed by atoms with Gasteiger partial charge < -0.3 is 10.4 Å². The number of phenolic OH excluding ortho intramolecular Hbond substituents is 1. The zero-order valence-corrected chi connectivity index (χ0v) is 12.5. The van der Waals surface area contributed by atoms with Gasteiger partial charge in [0.05, 0.1) is 0 Å².